The molecule has 1 heterocycles. The predicted molar refractivity (Wildman–Crippen MR) is 80.4 cm³/mol. The van der Waals surface area contributed by atoms with Crippen LogP contribution in [0.4, 0.5) is 18.9 Å². The lowest BCUT2D eigenvalue weighted by Gasteiger charge is -2.09. The number of halogens is 3. The number of para-hydroxylation sites is 1. The zero-order chi connectivity index (χ0) is 16.4. The van der Waals surface area contributed by atoms with Crippen LogP contribution in [0, 0.1) is 0 Å². The number of alkyl halides is 3. The molecule has 0 saturated carbocycles. The van der Waals surface area contributed by atoms with Gasteiger partial charge in [-0.15, -0.1) is 0 Å². The molecule has 0 aliphatic heterocycles. The number of benzene rings is 2. The van der Waals surface area contributed by atoms with Crippen molar-refractivity contribution in [1.82, 2.24) is 9.78 Å². The Morgan fingerprint density at radius 1 is 1.09 bits per heavy atom. The molecular weight excluding hydrogens is 307 g/mol. The van der Waals surface area contributed by atoms with E-state index < -0.39 is 18.5 Å². The first-order valence-corrected chi connectivity index (χ1v) is 6.82. The standard InChI is InChI=1S/C16H12F3N3O/c17-16(18,19)9-15(23)21-12-5-7-13(8-6-12)22-14-4-2-1-3-11(14)10-20-22/h1-8,10H,9H2,(H,21,23). The predicted octanol–water partition coefficient (Wildman–Crippen LogP) is 3.92. The monoisotopic (exact) mass is 319 g/mol. The average molecular weight is 319 g/mol. The van der Waals surface area contributed by atoms with Gasteiger partial charge >= 0.3 is 6.18 Å². The average Bonchev–Trinajstić information content (AvgIpc) is 2.90. The Labute approximate surface area is 129 Å². The second-order valence-corrected chi connectivity index (χ2v) is 5.00. The van der Waals surface area contributed by atoms with Crippen LogP contribution in [0.25, 0.3) is 16.6 Å². The molecule has 0 bridgehead atoms. The molecule has 1 N–H and O–H groups in total. The van der Waals surface area contributed by atoms with Gasteiger partial charge in [0.1, 0.15) is 6.42 Å². The number of fused-ring (bicyclic) bond motifs is 1. The summed E-state index contributed by atoms with van der Waals surface area (Å²) in [6.45, 7) is 0. The van der Waals surface area contributed by atoms with Crippen molar-refractivity contribution in [2.24, 2.45) is 0 Å². The first-order valence-electron chi connectivity index (χ1n) is 6.82. The van der Waals surface area contributed by atoms with E-state index in [1.54, 1.807) is 35.1 Å². The van der Waals surface area contributed by atoms with Crippen molar-refractivity contribution in [3.8, 4) is 5.69 Å². The van der Waals surface area contributed by atoms with Gasteiger partial charge in [-0.3, -0.25) is 4.79 Å². The molecule has 7 heteroatoms. The molecule has 0 spiro atoms. The maximum Gasteiger partial charge on any atom is 0.397 e. The maximum atomic E-state index is 12.1. The number of amides is 1. The van der Waals surface area contributed by atoms with E-state index in [9.17, 15) is 18.0 Å². The van der Waals surface area contributed by atoms with E-state index in [1.807, 2.05) is 24.3 Å². The maximum absolute atomic E-state index is 12.1. The molecule has 23 heavy (non-hydrogen) atoms. The minimum atomic E-state index is -4.52. The number of nitrogens with zero attached hydrogens (tertiary/aromatic N) is 2. The van der Waals surface area contributed by atoms with E-state index >= 15 is 0 Å². The molecule has 3 rings (SSSR count). The first-order chi connectivity index (χ1) is 10.9. The Hall–Kier alpha value is -2.83. The van der Waals surface area contributed by atoms with E-state index in [2.05, 4.69) is 10.4 Å². The van der Waals surface area contributed by atoms with E-state index in [0.29, 0.717) is 5.69 Å². The van der Waals surface area contributed by atoms with Crippen molar-refractivity contribution >= 4 is 22.5 Å². The van der Waals surface area contributed by atoms with Gasteiger partial charge in [0.05, 0.1) is 17.4 Å². The topological polar surface area (TPSA) is 46.9 Å². The van der Waals surface area contributed by atoms with Gasteiger partial charge in [-0.05, 0) is 30.3 Å². The Morgan fingerprint density at radius 2 is 1.78 bits per heavy atom. The Bertz CT molecular complexity index is 838. The molecule has 0 unspecified atom stereocenters. The highest BCUT2D eigenvalue weighted by Crippen LogP contribution is 2.22. The number of hydrogen-bond acceptors (Lipinski definition) is 2. The highest BCUT2D eigenvalue weighted by molar-refractivity contribution is 5.91. The number of rotatable bonds is 3. The molecule has 3 aromatic rings. The number of nitrogens with one attached hydrogen (secondary N) is 1. The van der Waals surface area contributed by atoms with Crippen molar-refractivity contribution in [2.45, 2.75) is 12.6 Å². The molecule has 2 aromatic carbocycles. The zero-order valence-corrected chi connectivity index (χ0v) is 11.8. The number of carbonyl (C=O) groups is 1. The van der Waals surface area contributed by atoms with Crippen molar-refractivity contribution in [3.63, 3.8) is 0 Å². The summed E-state index contributed by atoms with van der Waals surface area (Å²) >= 11 is 0. The lowest BCUT2D eigenvalue weighted by Crippen LogP contribution is -2.21. The third kappa shape index (κ3) is 3.50. The van der Waals surface area contributed by atoms with E-state index in [1.165, 1.54) is 0 Å². The van der Waals surface area contributed by atoms with Gasteiger partial charge in [0.2, 0.25) is 5.91 Å². The van der Waals surface area contributed by atoms with Gasteiger partial charge in [-0.1, -0.05) is 18.2 Å². The molecule has 1 aromatic heterocycles. The summed E-state index contributed by atoms with van der Waals surface area (Å²) < 4.78 is 38.1. The second kappa shape index (κ2) is 5.75. The summed E-state index contributed by atoms with van der Waals surface area (Å²) in [7, 11) is 0. The van der Waals surface area contributed by atoms with Gasteiger partial charge in [0.15, 0.2) is 0 Å². The van der Waals surface area contributed by atoms with Crippen molar-refractivity contribution < 1.29 is 18.0 Å². The van der Waals surface area contributed by atoms with E-state index in [-0.39, 0.29) is 0 Å². The van der Waals surface area contributed by atoms with Gasteiger partial charge in [0, 0.05) is 11.1 Å². The van der Waals surface area contributed by atoms with Crippen LogP contribution < -0.4 is 5.32 Å². The summed E-state index contributed by atoms with van der Waals surface area (Å²) in [5.41, 5.74) is 1.97. The highest BCUT2D eigenvalue weighted by Gasteiger charge is 2.31. The summed E-state index contributed by atoms with van der Waals surface area (Å²) in [5, 5.41) is 7.49. The molecule has 0 aliphatic carbocycles. The third-order valence-corrected chi connectivity index (χ3v) is 3.23. The fourth-order valence-corrected chi connectivity index (χ4v) is 2.25. The molecule has 0 atom stereocenters. The summed E-state index contributed by atoms with van der Waals surface area (Å²) in [4.78, 5) is 11.3. The van der Waals surface area contributed by atoms with Crippen LogP contribution in [0.1, 0.15) is 6.42 Å². The lowest BCUT2D eigenvalue weighted by atomic mass is 10.2. The molecule has 118 valence electrons. The largest absolute Gasteiger partial charge is 0.397 e. The second-order valence-electron chi connectivity index (χ2n) is 5.00. The number of hydrogen-bond donors (Lipinski definition) is 1. The minimum Gasteiger partial charge on any atom is -0.326 e. The number of anilines is 1. The van der Waals surface area contributed by atoms with Crippen molar-refractivity contribution in [1.29, 1.82) is 0 Å². The number of carbonyl (C=O) groups excluding carboxylic acids is 1. The summed E-state index contributed by atoms with van der Waals surface area (Å²) in [6.07, 6.45) is -4.29. The normalized spacial score (nSPS) is 11.6. The van der Waals surface area contributed by atoms with Crippen LogP contribution in [0.5, 0.6) is 0 Å². The number of aromatic nitrogens is 2. The third-order valence-electron chi connectivity index (χ3n) is 3.23. The molecule has 0 aliphatic rings. The van der Waals surface area contributed by atoms with Crippen LogP contribution >= 0.6 is 0 Å². The highest BCUT2D eigenvalue weighted by atomic mass is 19.4. The Kier molecular flexibility index (Phi) is 3.77. The van der Waals surface area contributed by atoms with Crippen LogP contribution in [0.3, 0.4) is 0 Å². The fraction of sp³-hybridized carbons (Fsp3) is 0.125. The summed E-state index contributed by atoms with van der Waals surface area (Å²) in [5.74, 6) is -1.09. The quantitative estimate of drug-likeness (QED) is 0.795. The van der Waals surface area contributed by atoms with Crippen LogP contribution in [0.15, 0.2) is 54.7 Å². The SMILES string of the molecule is O=C(CC(F)(F)F)Nc1ccc(-n2ncc3ccccc32)cc1. The van der Waals surface area contributed by atoms with Crippen molar-refractivity contribution in [3.05, 3.63) is 54.7 Å². The smallest absolute Gasteiger partial charge is 0.326 e. The van der Waals surface area contributed by atoms with E-state index in [0.717, 1.165) is 16.6 Å². The molecule has 1 amide bonds. The van der Waals surface area contributed by atoms with Gasteiger partial charge in [0.25, 0.3) is 0 Å². The molecule has 0 radical (unpaired) electrons. The van der Waals surface area contributed by atoms with Crippen molar-refractivity contribution in [2.75, 3.05) is 5.32 Å². The first kappa shape index (κ1) is 15.1. The Balaban J connectivity index is 1.78. The molecule has 4 nitrogen and oxygen atoms in total. The van der Waals surface area contributed by atoms with Crippen LogP contribution in [-0.4, -0.2) is 21.9 Å². The molecule has 0 fully saturated rings. The molecule has 0 saturated heterocycles. The summed E-state index contributed by atoms with van der Waals surface area (Å²) in [6, 6.07) is 14.1. The van der Waals surface area contributed by atoms with Gasteiger partial charge in [-0.2, -0.15) is 18.3 Å². The molecular formula is C16H12F3N3O. The van der Waals surface area contributed by atoms with Crippen LogP contribution in [-0.2, 0) is 4.79 Å². The lowest BCUT2D eigenvalue weighted by molar-refractivity contribution is -0.150. The van der Waals surface area contributed by atoms with Crippen LogP contribution in [0.2, 0.25) is 0 Å². The van der Waals surface area contributed by atoms with Gasteiger partial charge < -0.3 is 5.32 Å². The van der Waals surface area contributed by atoms with E-state index in [4.69, 9.17) is 0 Å². The fourth-order valence-electron chi connectivity index (χ4n) is 2.25. The Morgan fingerprint density at radius 3 is 2.48 bits per heavy atom. The minimum absolute atomic E-state index is 0.305. The van der Waals surface area contributed by atoms with Gasteiger partial charge in [-0.25, -0.2) is 4.68 Å². The zero-order valence-electron chi connectivity index (χ0n) is 11.8.